The average Bonchev–Trinajstić information content (AvgIpc) is 2.60. The molecule has 0 bridgehead atoms. The summed E-state index contributed by atoms with van der Waals surface area (Å²) in [7, 11) is 0. The Morgan fingerprint density at radius 3 is 2.23 bits per heavy atom. The number of aryl methyl sites for hydroxylation is 1. The summed E-state index contributed by atoms with van der Waals surface area (Å²) in [4.78, 5) is 24.2. The highest BCUT2D eigenvalue weighted by atomic mass is 16.5. The molecule has 2 rings (SSSR count). The largest absolute Gasteiger partial charge is 0.508 e. The number of carbonyl (C=O) groups is 2. The minimum absolute atomic E-state index is 0.0859. The Labute approximate surface area is 151 Å². The predicted molar refractivity (Wildman–Crippen MR) is 98.9 cm³/mol. The van der Waals surface area contributed by atoms with Gasteiger partial charge in [0.05, 0.1) is 13.2 Å². The number of phenolic OH excluding ortho intramolecular Hbond substituents is 1. The summed E-state index contributed by atoms with van der Waals surface area (Å²) in [5.74, 6) is -0.490. The van der Waals surface area contributed by atoms with Crippen LogP contribution >= 0.6 is 0 Å². The van der Waals surface area contributed by atoms with E-state index in [1.54, 1.807) is 25.1 Å². The Bertz CT molecular complexity index is 805. The molecule has 2 aromatic rings. The van der Waals surface area contributed by atoms with Gasteiger partial charge in [0.25, 0.3) is 0 Å². The fourth-order valence-corrected chi connectivity index (χ4v) is 2.28. The van der Waals surface area contributed by atoms with Gasteiger partial charge in [-0.3, -0.25) is 9.59 Å². The van der Waals surface area contributed by atoms with Crippen molar-refractivity contribution in [3.8, 4) is 17.2 Å². The summed E-state index contributed by atoms with van der Waals surface area (Å²) in [6.45, 7) is 6.35. The summed E-state index contributed by atoms with van der Waals surface area (Å²) in [5, 5.41) is 14.4. The van der Waals surface area contributed by atoms with Gasteiger partial charge in [-0.15, -0.1) is 0 Å². The van der Waals surface area contributed by atoms with Gasteiger partial charge in [0, 0.05) is 17.4 Å². The van der Waals surface area contributed by atoms with E-state index in [9.17, 15) is 14.7 Å². The zero-order valence-electron chi connectivity index (χ0n) is 15.0. The molecule has 0 aromatic heterocycles. The number of anilines is 2. The first-order valence-corrected chi connectivity index (χ1v) is 8.26. The molecule has 0 unspecified atom stereocenters. The van der Waals surface area contributed by atoms with Crippen LogP contribution in [0.1, 0.15) is 19.4 Å². The first-order chi connectivity index (χ1) is 12.4. The van der Waals surface area contributed by atoms with Crippen molar-refractivity contribution < 1.29 is 24.2 Å². The van der Waals surface area contributed by atoms with E-state index in [0.717, 1.165) is 0 Å². The lowest BCUT2D eigenvalue weighted by Crippen LogP contribution is -2.29. The molecule has 0 aliphatic carbocycles. The van der Waals surface area contributed by atoms with Crippen molar-refractivity contribution in [2.45, 2.75) is 20.8 Å². The quantitative estimate of drug-likeness (QED) is 0.545. The molecule has 0 spiro atoms. The van der Waals surface area contributed by atoms with Crippen LogP contribution in [-0.2, 0) is 9.59 Å². The molecule has 0 heterocycles. The van der Waals surface area contributed by atoms with Gasteiger partial charge in [0.1, 0.15) is 5.75 Å². The second kappa shape index (κ2) is 8.75. The smallest absolute Gasteiger partial charge is 0.314 e. The highest BCUT2D eigenvalue weighted by Crippen LogP contribution is 2.30. The number of ether oxygens (including phenoxy) is 2. The normalized spacial score (nSPS) is 10.1. The summed E-state index contributed by atoms with van der Waals surface area (Å²) in [6.07, 6.45) is 0. The number of amides is 2. The molecule has 138 valence electrons. The van der Waals surface area contributed by atoms with Gasteiger partial charge in [0.2, 0.25) is 0 Å². The second-order valence-corrected chi connectivity index (χ2v) is 5.44. The summed E-state index contributed by atoms with van der Waals surface area (Å²) in [5.41, 5.74) is 1.51. The van der Waals surface area contributed by atoms with E-state index in [4.69, 9.17) is 9.47 Å². The predicted octanol–water partition coefficient (Wildman–Crippen LogP) is 3.08. The Kier molecular flexibility index (Phi) is 6.43. The number of aromatic hydroxyl groups is 1. The van der Waals surface area contributed by atoms with Crippen LogP contribution in [0.2, 0.25) is 0 Å². The molecule has 0 saturated heterocycles. The molecule has 0 saturated carbocycles. The molecule has 3 N–H and O–H groups in total. The highest BCUT2D eigenvalue weighted by Gasteiger charge is 2.16. The Morgan fingerprint density at radius 2 is 1.58 bits per heavy atom. The molecule has 26 heavy (non-hydrogen) atoms. The van der Waals surface area contributed by atoms with Gasteiger partial charge >= 0.3 is 11.8 Å². The van der Waals surface area contributed by atoms with E-state index in [2.05, 4.69) is 10.6 Å². The van der Waals surface area contributed by atoms with Gasteiger partial charge < -0.3 is 25.2 Å². The molecular formula is C19H22N2O5. The topological polar surface area (TPSA) is 96.9 Å². The van der Waals surface area contributed by atoms with Crippen molar-refractivity contribution >= 4 is 23.2 Å². The molecule has 2 aromatic carbocycles. The van der Waals surface area contributed by atoms with E-state index >= 15 is 0 Å². The Balaban J connectivity index is 2.08. The Morgan fingerprint density at radius 1 is 0.923 bits per heavy atom. The lowest BCUT2D eigenvalue weighted by atomic mass is 10.2. The fourth-order valence-electron chi connectivity index (χ4n) is 2.28. The third kappa shape index (κ3) is 4.89. The van der Waals surface area contributed by atoms with Crippen LogP contribution in [0, 0.1) is 6.92 Å². The molecule has 0 radical (unpaired) electrons. The van der Waals surface area contributed by atoms with Crippen LogP contribution in [0.5, 0.6) is 17.2 Å². The second-order valence-electron chi connectivity index (χ2n) is 5.44. The van der Waals surface area contributed by atoms with Crippen LogP contribution < -0.4 is 20.1 Å². The molecule has 0 atom stereocenters. The van der Waals surface area contributed by atoms with Crippen LogP contribution in [0.15, 0.2) is 36.4 Å². The number of hydrogen-bond acceptors (Lipinski definition) is 5. The lowest BCUT2D eigenvalue weighted by Gasteiger charge is -2.13. The number of phenols is 1. The van der Waals surface area contributed by atoms with E-state index in [-0.39, 0.29) is 5.75 Å². The summed E-state index contributed by atoms with van der Waals surface area (Å²) in [6, 6.07) is 9.36. The van der Waals surface area contributed by atoms with E-state index < -0.39 is 11.8 Å². The van der Waals surface area contributed by atoms with Gasteiger partial charge in [-0.1, -0.05) is 0 Å². The maximum absolute atomic E-state index is 12.1. The van der Waals surface area contributed by atoms with Crippen LogP contribution in [0.25, 0.3) is 0 Å². The van der Waals surface area contributed by atoms with Crippen LogP contribution in [-0.4, -0.2) is 30.1 Å². The van der Waals surface area contributed by atoms with E-state index in [0.29, 0.717) is 41.7 Å². The average molecular weight is 358 g/mol. The monoisotopic (exact) mass is 358 g/mol. The molecule has 0 fully saturated rings. The van der Waals surface area contributed by atoms with Crippen LogP contribution in [0.3, 0.4) is 0 Å². The third-order valence-corrected chi connectivity index (χ3v) is 3.47. The van der Waals surface area contributed by atoms with Crippen molar-refractivity contribution in [1.82, 2.24) is 0 Å². The van der Waals surface area contributed by atoms with E-state index in [1.165, 1.54) is 18.2 Å². The number of carbonyl (C=O) groups excluding carboxylic acids is 2. The zero-order valence-corrected chi connectivity index (χ0v) is 15.0. The van der Waals surface area contributed by atoms with Crippen molar-refractivity contribution in [2.24, 2.45) is 0 Å². The summed E-state index contributed by atoms with van der Waals surface area (Å²) >= 11 is 0. The Hall–Kier alpha value is -3.22. The summed E-state index contributed by atoms with van der Waals surface area (Å²) < 4.78 is 11.0. The standard InChI is InChI=1S/C19H22N2O5/c1-4-25-16-9-6-13(11-17(16)26-5-2)20-18(23)19(24)21-15-8-7-14(22)10-12(15)3/h6-11,22H,4-5H2,1-3H3,(H,20,23)(H,21,24). The maximum Gasteiger partial charge on any atom is 0.314 e. The number of benzene rings is 2. The molecule has 2 amide bonds. The van der Waals surface area contributed by atoms with Crippen molar-refractivity contribution in [2.75, 3.05) is 23.8 Å². The minimum Gasteiger partial charge on any atom is -0.508 e. The van der Waals surface area contributed by atoms with Gasteiger partial charge in [0.15, 0.2) is 11.5 Å². The lowest BCUT2D eigenvalue weighted by molar-refractivity contribution is -0.133. The zero-order chi connectivity index (χ0) is 19.1. The molecule has 7 heteroatoms. The third-order valence-electron chi connectivity index (χ3n) is 3.47. The number of rotatable bonds is 6. The van der Waals surface area contributed by atoms with E-state index in [1.807, 2.05) is 13.8 Å². The van der Waals surface area contributed by atoms with Gasteiger partial charge in [-0.05, 0) is 56.7 Å². The van der Waals surface area contributed by atoms with Gasteiger partial charge in [-0.2, -0.15) is 0 Å². The molecule has 0 aliphatic heterocycles. The molecule has 7 nitrogen and oxygen atoms in total. The number of hydrogen-bond donors (Lipinski definition) is 3. The van der Waals surface area contributed by atoms with Crippen LogP contribution in [0.4, 0.5) is 11.4 Å². The van der Waals surface area contributed by atoms with Crippen molar-refractivity contribution in [3.63, 3.8) is 0 Å². The fraction of sp³-hybridized carbons (Fsp3) is 0.263. The molecular weight excluding hydrogens is 336 g/mol. The highest BCUT2D eigenvalue weighted by molar-refractivity contribution is 6.43. The van der Waals surface area contributed by atoms with Crippen molar-refractivity contribution in [1.29, 1.82) is 0 Å². The maximum atomic E-state index is 12.1. The number of nitrogens with one attached hydrogen (secondary N) is 2. The SMILES string of the molecule is CCOc1ccc(NC(=O)C(=O)Nc2ccc(O)cc2C)cc1OCC. The van der Waals surface area contributed by atoms with Gasteiger partial charge in [-0.25, -0.2) is 0 Å². The first kappa shape index (κ1) is 19.1. The molecule has 0 aliphatic rings. The first-order valence-electron chi connectivity index (χ1n) is 8.26. The van der Waals surface area contributed by atoms with Crippen molar-refractivity contribution in [3.05, 3.63) is 42.0 Å². The minimum atomic E-state index is -0.816.